The lowest BCUT2D eigenvalue weighted by Gasteiger charge is -2.36. The lowest BCUT2D eigenvalue weighted by Crippen LogP contribution is -2.46. The maximum Gasteiger partial charge on any atom is 0.317 e. The van der Waals surface area contributed by atoms with Crippen LogP contribution < -0.4 is 0 Å². The van der Waals surface area contributed by atoms with Crippen LogP contribution in [0.15, 0.2) is 6.07 Å². The van der Waals surface area contributed by atoms with Crippen molar-refractivity contribution in [3.63, 3.8) is 0 Å². The van der Waals surface area contributed by atoms with Crippen molar-refractivity contribution in [3.05, 3.63) is 20.3 Å². The van der Waals surface area contributed by atoms with Crippen LogP contribution in [0.3, 0.4) is 0 Å². The summed E-state index contributed by atoms with van der Waals surface area (Å²) >= 11 is 13.4. The van der Waals surface area contributed by atoms with Crippen molar-refractivity contribution in [2.24, 2.45) is 0 Å². The molecule has 1 aromatic heterocycles. The fourth-order valence-corrected chi connectivity index (χ4v) is 4.58. The van der Waals surface area contributed by atoms with E-state index in [1.54, 1.807) is 0 Å². The summed E-state index contributed by atoms with van der Waals surface area (Å²) < 4.78 is 1.38. The van der Waals surface area contributed by atoms with Gasteiger partial charge in [-0.25, -0.2) is 0 Å². The molecular weight excluding hydrogens is 371 g/mol. The van der Waals surface area contributed by atoms with Gasteiger partial charge in [0.15, 0.2) is 0 Å². The summed E-state index contributed by atoms with van der Waals surface area (Å²) in [6.45, 7) is 1.43. The Morgan fingerprint density at radius 2 is 2.04 bits per heavy atom. The second kappa shape index (κ2) is 9.04. The van der Waals surface area contributed by atoms with E-state index in [2.05, 4.69) is 0 Å². The van der Waals surface area contributed by atoms with Crippen molar-refractivity contribution in [2.75, 3.05) is 26.7 Å². The van der Waals surface area contributed by atoms with Crippen molar-refractivity contribution in [1.82, 2.24) is 9.80 Å². The fraction of sp³-hybridized carbons (Fsp3) is 0.625. The number of nitrogens with zero attached hydrogens (tertiary/aromatic N) is 2. The molecule has 8 heteroatoms. The Hall–Kier alpha value is -0.820. The lowest BCUT2D eigenvalue weighted by molar-refractivity contribution is -0.139. The number of piperidine rings is 1. The quantitative estimate of drug-likeness (QED) is 0.772. The molecule has 1 fully saturated rings. The van der Waals surface area contributed by atoms with Gasteiger partial charge in [0.05, 0.1) is 15.2 Å². The second-order valence-corrected chi connectivity index (χ2v) is 8.41. The Bertz CT molecular complexity index is 586. The maximum atomic E-state index is 12.3. The molecule has 1 N–H and O–H groups in total. The van der Waals surface area contributed by atoms with E-state index in [-0.39, 0.29) is 18.5 Å². The first kappa shape index (κ1) is 19.5. The number of halogens is 2. The van der Waals surface area contributed by atoms with Gasteiger partial charge in [0.25, 0.3) is 0 Å². The molecule has 0 bridgehead atoms. The number of carboxylic acid groups (broad SMARTS) is 1. The highest BCUT2D eigenvalue weighted by atomic mass is 35.5. The van der Waals surface area contributed by atoms with Gasteiger partial charge in [-0.2, -0.15) is 0 Å². The molecule has 0 spiro atoms. The van der Waals surface area contributed by atoms with Crippen molar-refractivity contribution < 1.29 is 14.7 Å². The second-order valence-electron chi connectivity index (χ2n) is 6.12. The summed E-state index contributed by atoms with van der Waals surface area (Å²) in [4.78, 5) is 26.8. The van der Waals surface area contributed by atoms with Crippen LogP contribution in [0.4, 0.5) is 0 Å². The molecule has 24 heavy (non-hydrogen) atoms. The van der Waals surface area contributed by atoms with Gasteiger partial charge >= 0.3 is 5.97 Å². The molecule has 1 saturated heterocycles. The monoisotopic (exact) mass is 392 g/mol. The summed E-state index contributed by atoms with van der Waals surface area (Å²) in [6, 6.07) is 2.10. The third-order valence-electron chi connectivity index (χ3n) is 4.39. The van der Waals surface area contributed by atoms with Crippen molar-refractivity contribution in [1.29, 1.82) is 0 Å². The van der Waals surface area contributed by atoms with Gasteiger partial charge in [0.1, 0.15) is 0 Å². The highest BCUT2D eigenvalue weighted by Crippen LogP contribution is 2.32. The summed E-state index contributed by atoms with van der Waals surface area (Å²) in [5.74, 6) is -0.657. The average molecular weight is 393 g/mol. The third kappa shape index (κ3) is 5.62. The largest absolute Gasteiger partial charge is 0.480 e. The Labute approximate surface area is 156 Å². The number of likely N-dealkylation sites (tertiary alicyclic amines) is 1. The van der Waals surface area contributed by atoms with Crippen LogP contribution in [0.2, 0.25) is 8.67 Å². The van der Waals surface area contributed by atoms with Crippen molar-refractivity contribution in [3.8, 4) is 0 Å². The van der Waals surface area contributed by atoms with Gasteiger partial charge in [-0.15, -0.1) is 11.3 Å². The normalized spacial score (nSPS) is 15.9. The number of aryl methyl sites for hydroxylation is 1. The van der Waals surface area contributed by atoms with Gasteiger partial charge in [-0.1, -0.05) is 23.2 Å². The minimum atomic E-state index is -0.816. The van der Waals surface area contributed by atoms with Crippen molar-refractivity contribution in [2.45, 2.75) is 38.1 Å². The van der Waals surface area contributed by atoms with E-state index < -0.39 is 5.97 Å². The van der Waals surface area contributed by atoms with E-state index in [4.69, 9.17) is 28.3 Å². The number of amides is 1. The Balaban J connectivity index is 1.71. The van der Waals surface area contributed by atoms with Crippen LogP contribution >= 0.6 is 34.5 Å². The van der Waals surface area contributed by atoms with E-state index in [9.17, 15) is 9.59 Å². The first-order chi connectivity index (χ1) is 11.4. The van der Waals surface area contributed by atoms with Crippen LogP contribution in [-0.4, -0.2) is 59.5 Å². The average Bonchev–Trinajstić information content (AvgIpc) is 2.84. The molecule has 0 unspecified atom stereocenters. The Morgan fingerprint density at radius 1 is 1.38 bits per heavy atom. The molecule has 5 nitrogen and oxygen atoms in total. The number of carboxylic acids is 1. The molecule has 1 aliphatic heterocycles. The predicted octanol–water partition coefficient (Wildman–Crippen LogP) is 3.39. The molecule has 1 aliphatic rings. The Kier molecular flexibility index (Phi) is 7.34. The fourth-order valence-electron chi connectivity index (χ4n) is 3.03. The molecule has 134 valence electrons. The number of carbonyl (C=O) groups excluding carboxylic acids is 1. The van der Waals surface area contributed by atoms with Crippen molar-refractivity contribution >= 4 is 46.4 Å². The molecule has 2 heterocycles. The van der Waals surface area contributed by atoms with Gasteiger partial charge < -0.3 is 10.0 Å². The molecule has 0 aliphatic carbocycles. The molecule has 0 radical (unpaired) electrons. The van der Waals surface area contributed by atoms with E-state index in [0.29, 0.717) is 28.2 Å². The summed E-state index contributed by atoms with van der Waals surface area (Å²) in [6.07, 6.45) is 3.65. The first-order valence-corrected chi connectivity index (χ1v) is 9.57. The van der Waals surface area contributed by atoms with E-state index in [0.717, 1.165) is 31.2 Å². The number of hydrogen-bond acceptors (Lipinski definition) is 4. The highest BCUT2D eigenvalue weighted by Gasteiger charge is 2.25. The van der Waals surface area contributed by atoms with Crippen LogP contribution in [0.1, 0.15) is 31.2 Å². The number of thiophene rings is 1. The maximum absolute atomic E-state index is 12.3. The van der Waals surface area contributed by atoms with E-state index in [1.807, 2.05) is 22.9 Å². The predicted molar refractivity (Wildman–Crippen MR) is 97.1 cm³/mol. The molecular formula is C16H22Cl2N2O3S. The zero-order valence-corrected chi connectivity index (χ0v) is 16.0. The minimum absolute atomic E-state index is 0.0442. The number of carbonyl (C=O) groups is 2. The number of aliphatic carboxylic acids is 1. The zero-order chi connectivity index (χ0) is 17.7. The number of likely N-dealkylation sites (N-methyl/N-ethyl adjacent to an activating group) is 1. The third-order valence-corrected chi connectivity index (χ3v) is 5.96. The van der Waals surface area contributed by atoms with Gasteiger partial charge in [-0.3, -0.25) is 14.5 Å². The van der Waals surface area contributed by atoms with Gasteiger partial charge in [-0.05, 0) is 44.4 Å². The zero-order valence-electron chi connectivity index (χ0n) is 13.6. The number of hydrogen-bond donors (Lipinski definition) is 1. The van der Waals surface area contributed by atoms with Crippen LogP contribution in [0, 0.1) is 0 Å². The smallest absolute Gasteiger partial charge is 0.317 e. The lowest BCUT2D eigenvalue weighted by atomic mass is 10.0. The highest BCUT2D eigenvalue weighted by molar-refractivity contribution is 7.20. The van der Waals surface area contributed by atoms with Gasteiger partial charge in [0.2, 0.25) is 5.91 Å². The van der Waals surface area contributed by atoms with Crippen LogP contribution in [-0.2, 0) is 16.0 Å². The summed E-state index contributed by atoms with van der Waals surface area (Å²) in [7, 11) is 1.83. The number of rotatable bonds is 7. The van der Waals surface area contributed by atoms with Gasteiger partial charge in [0, 0.05) is 25.6 Å². The summed E-state index contributed by atoms with van der Waals surface area (Å²) in [5, 5.41) is 8.84. The molecule has 1 aromatic rings. The standard InChI is InChI=1S/C16H22Cl2N2O3S/c1-19(10-15(22)23)12-5-7-20(8-6-12)14(21)4-2-3-11-9-13(17)24-16(11)18/h9,12H,2-8,10H2,1H3,(H,22,23). The summed E-state index contributed by atoms with van der Waals surface area (Å²) in [5.41, 5.74) is 1.01. The Morgan fingerprint density at radius 3 is 2.58 bits per heavy atom. The molecule has 0 atom stereocenters. The van der Waals surface area contributed by atoms with Crippen LogP contribution in [0.5, 0.6) is 0 Å². The molecule has 1 amide bonds. The van der Waals surface area contributed by atoms with Crippen LogP contribution in [0.25, 0.3) is 0 Å². The first-order valence-electron chi connectivity index (χ1n) is 8.00. The topological polar surface area (TPSA) is 60.9 Å². The molecule has 2 rings (SSSR count). The molecule has 0 saturated carbocycles. The van der Waals surface area contributed by atoms with E-state index >= 15 is 0 Å². The molecule has 0 aromatic carbocycles. The van der Waals surface area contributed by atoms with E-state index in [1.165, 1.54) is 11.3 Å². The minimum Gasteiger partial charge on any atom is -0.480 e. The SMILES string of the molecule is CN(CC(=O)O)C1CCN(C(=O)CCCc2cc(Cl)sc2Cl)CC1.